The number of sulfonamides is 1. The molecular weight excluding hydrogens is 612 g/mol. The van der Waals surface area contributed by atoms with E-state index in [1.165, 1.54) is 4.90 Å². The van der Waals surface area contributed by atoms with Gasteiger partial charge in [-0.25, -0.2) is 8.42 Å². The fourth-order valence-electron chi connectivity index (χ4n) is 3.36. The van der Waals surface area contributed by atoms with E-state index in [0.717, 1.165) is 14.1 Å². The molecule has 7 nitrogen and oxygen atoms in total. The van der Waals surface area contributed by atoms with Crippen molar-refractivity contribution in [1.29, 1.82) is 0 Å². The Morgan fingerprint density at radius 2 is 1.68 bits per heavy atom. The lowest BCUT2D eigenvalue weighted by Crippen LogP contribution is -2.53. The molecule has 0 radical (unpaired) electrons. The molecular formula is C23H28Cl2IN3O4S. The molecule has 2 aromatic carbocycles. The van der Waals surface area contributed by atoms with Gasteiger partial charge in [0.25, 0.3) is 0 Å². The monoisotopic (exact) mass is 639 g/mol. The summed E-state index contributed by atoms with van der Waals surface area (Å²) in [7, 11) is -3.77. The largest absolute Gasteiger partial charge is 0.352 e. The molecule has 0 spiro atoms. The first-order valence-electron chi connectivity index (χ1n) is 10.6. The third-order valence-electron chi connectivity index (χ3n) is 4.95. The lowest BCUT2D eigenvalue weighted by atomic mass is 10.1. The molecule has 1 N–H and O–H groups in total. The van der Waals surface area contributed by atoms with Crippen LogP contribution in [0.4, 0.5) is 5.69 Å². The first-order valence-corrected chi connectivity index (χ1v) is 14.3. The summed E-state index contributed by atoms with van der Waals surface area (Å²) in [5.41, 5.74) is 1.03. The minimum Gasteiger partial charge on any atom is -0.352 e. The highest BCUT2D eigenvalue weighted by atomic mass is 127. The van der Waals surface area contributed by atoms with Crippen LogP contribution in [0.1, 0.15) is 32.8 Å². The number of benzene rings is 2. The molecule has 0 bridgehead atoms. The second-order valence-electron chi connectivity index (χ2n) is 8.10. The van der Waals surface area contributed by atoms with Gasteiger partial charge in [0, 0.05) is 16.2 Å². The predicted octanol–water partition coefficient (Wildman–Crippen LogP) is 4.70. The van der Waals surface area contributed by atoms with Crippen LogP contribution in [0.3, 0.4) is 0 Å². The molecule has 2 rings (SSSR count). The van der Waals surface area contributed by atoms with Gasteiger partial charge in [-0.3, -0.25) is 13.9 Å². The van der Waals surface area contributed by atoms with Crippen molar-refractivity contribution in [2.75, 3.05) is 17.1 Å². The van der Waals surface area contributed by atoms with E-state index >= 15 is 0 Å². The summed E-state index contributed by atoms with van der Waals surface area (Å²) in [6, 6.07) is 10.8. The van der Waals surface area contributed by atoms with Crippen molar-refractivity contribution >= 4 is 73.3 Å². The van der Waals surface area contributed by atoms with Crippen LogP contribution in [0.5, 0.6) is 0 Å². The fourth-order valence-corrected chi connectivity index (χ4v) is 4.89. The van der Waals surface area contributed by atoms with Crippen molar-refractivity contribution in [2.24, 2.45) is 0 Å². The molecule has 1 unspecified atom stereocenters. The summed E-state index contributed by atoms with van der Waals surface area (Å²) in [4.78, 5) is 27.9. The summed E-state index contributed by atoms with van der Waals surface area (Å²) >= 11 is 14.3. The number of rotatable bonds is 10. The van der Waals surface area contributed by atoms with E-state index in [2.05, 4.69) is 27.9 Å². The van der Waals surface area contributed by atoms with Gasteiger partial charge in [0.1, 0.15) is 12.6 Å². The maximum Gasteiger partial charge on any atom is 0.244 e. The number of halogens is 3. The molecule has 11 heteroatoms. The predicted molar refractivity (Wildman–Crippen MR) is 146 cm³/mol. The van der Waals surface area contributed by atoms with E-state index in [-0.39, 0.29) is 18.5 Å². The van der Waals surface area contributed by atoms with Gasteiger partial charge >= 0.3 is 0 Å². The van der Waals surface area contributed by atoms with Crippen molar-refractivity contribution in [1.82, 2.24) is 10.2 Å². The molecule has 0 fully saturated rings. The molecule has 0 saturated carbocycles. The Labute approximate surface area is 225 Å². The van der Waals surface area contributed by atoms with Crippen molar-refractivity contribution in [2.45, 2.75) is 45.8 Å². The molecule has 0 aliphatic carbocycles. The molecule has 0 aliphatic rings. The van der Waals surface area contributed by atoms with Crippen LogP contribution in [-0.2, 0) is 26.2 Å². The number of hydrogen-bond acceptors (Lipinski definition) is 4. The van der Waals surface area contributed by atoms with Gasteiger partial charge in [0.2, 0.25) is 21.8 Å². The number of nitrogens with zero attached hydrogens (tertiary/aromatic N) is 2. The fraction of sp³-hybridized carbons (Fsp3) is 0.391. The first-order chi connectivity index (χ1) is 15.8. The van der Waals surface area contributed by atoms with E-state index in [0.29, 0.717) is 27.7 Å². The highest BCUT2D eigenvalue weighted by Crippen LogP contribution is 2.25. The summed E-state index contributed by atoms with van der Waals surface area (Å²) in [5, 5.41) is 3.54. The maximum absolute atomic E-state index is 13.6. The third-order valence-corrected chi connectivity index (χ3v) is 7.55. The minimum absolute atomic E-state index is 0.0596. The zero-order valence-electron chi connectivity index (χ0n) is 19.4. The topological polar surface area (TPSA) is 86.8 Å². The van der Waals surface area contributed by atoms with E-state index < -0.39 is 28.5 Å². The van der Waals surface area contributed by atoms with Gasteiger partial charge in [-0.1, -0.05) is 36.2 Å². The Morgan fingerprint density at radius 1 is 1.06 bits per heavy atom. The van der Waals surface area contributed by atoms with E-state index in [4.69, 9.17) is 23.2 Å². The minimum atomic E-state index is -3.77. The van der Waals surface area contributed by atoms with Crippen LogP contribution in [-0.4, -0.2) is 50.0 Å². The summed E-state index contributed by atoms with van der Waals surface area (Å²) in [5.74, 6) is -0.827. The molecule has 0 aromatic heterocycles. The standard InChI is InChI=1S/C23H28Cl2IN3O4S/c1-5-21(23(31)27-15(2)3)28(13-16-6-11-19(24)20(25)12-16)22(30)14-29(34(4,32)33)18-9-7-17(26)8-10-18/h6-12,15,21H,5,13-14H2,1-4H3,(H,27,31). The SMILES string of the molecule is CCC(C(=O)NC(C)C)N(Cc1ccc(Cl)c(Cl)c1)C(=O)CN(c1ccc(I)cc1)S(C)(=O)=O. The molecule has 186 valence electrons. The van der Waals surface area contributed by atoms with Gasteiger partial charge in [0.15, 0.2) is 0 Å². The maximum atomic E-state index is 13.6. The smallest absolute Gasteiger partial charge is 0.244 e. The van der Waals surface area contributed by atoms with E-state index in [1.54, 1.807) is 49.4 Å². The Bertz CT molecular complexity index is 1130. The van der Waals surface area contributed by atoms with E-state index in [1.807, 2.05) is 13.8 Å². The van der Waals surface area contributed by atoms with Crippen molar-refractivity contribution in [3.63, 3.8) is 0 Å². The zero-order chi connectivity index (χ0) is 25.6. The van der Waals surface area contributed by atoms with Crippen LogP contribution < -0.4 is 9.62 Å². The lowest BCUT2D eigenvalue weighted by molar-refractivity contribution is -0.140. The highest BCUT2D eigenvalue weighted by Gasteiger charge is 2.32. The second-order valence-corrected chi connectivity index (χ2v) is 12.1. The average Bonchev–Trinajstić information content (AvgIpc) is 2.73. The third kappa shape index (κ3) is 8.00. The van der Waals surface area contributed by atoms with Crippen LogP contribution in [0.15, 0.2) is 42.5 Å². The van der Waals surface area contributed by atoms with Crippen LogP contribution in [0, 0.1) is 3.57 Å². The normalized spacial score (nSPS) is 12.4. The lowest BCUT2D eigenvalue weighted by Gasteiger charge is -2.33. The van der Waals surface area contributed by atoms with Crippen molar-refractivity contribution in [3.8, 4) is 0 Å². The molecule has 2 aromatic rings. The Hall–Kier alpha value is -1.56. The summed E-state index contributed by atoms with van der Waals surface area (Å²) in [6.07, 6.45) is 1.39. The molecule has 0 aliphatic heterocycles. The first kappa shape index (κ1) is 28.7. The Kier molecular flexibility index (Phi) is 10.5. The van der Waals surface area contributed by atoms with Gasteiger partial charge in [-0.2, -0.15) is 0 Å². The Balaban J connectivity index is 2.45. The molecule has 0 saturated heterocycles. The van der Waals surface area contributed by atoms with Crippen LogP contribution in [0.2, 0.25) is 10.0 Å². The number of carbonyl (C=O) groups excluding carboxylic acids is 2. The quantitative estimate of drug-likeness (QED) is 0.382. The van der Waals surface area contributed by atoms with Gasteiger partial charge in [-0.05, 0) is 84.8 Å². The number of hydrogen-bond donors (Lipinski definition) is 1. The molecule has 2 amide bonds. The van der Waals surface area contributed by atoms with Crippen LogP contribution >= 0.6 is 45.8 Å². The number of anilines is 1. The highest BCUT2D eigenvalue weighted by molar-refractivity contribution is 14.1. The molecule has 0 heterocycles. The summed E-state index contributed by atoms with van der Waals surface area (Å²) in [6.45, 7) is 5.07. The number of amides is 2. The van der Waals surface area contributed by atoms with Gasteiger partial charge < -0.3 is 10.2 Å². The molecule has 1 atom stereocenters. The number of nitrogens with one attached hydrogen (secondary N) is 1. The molecule has 34 heavy (non-hydrogen) atoms. The zero-order valence-corrected chi connectivity index (χ0v) is 23.9. The van der Waals surface area contributed by atoms with Crippen molar-refractivity contribution < 1.29 is 18.0 Å². The van der Waals surface area contributed by atoms with Gasteiger partial charge in [-0.15, -0.1) is 0 Å². The van der Waals surface area contributed by atoms with Crippen LogP contribution in [0.25, 0.3) is 0 Å². The van der Waals surface area contributed by atoms with Gasteiger partial charge in [0.05, 0.1) is 22.0 Å². The average molecular weight is 640 g/mol. The van der Waals surface area contributed by atoms with E-state index in [9.17, 15) is 18.0 Å². The summed E-state index contributed by atoms with van der Waals surface area (Å²) < 4.78 is 27.1. The number of carbonyl (C=O) groups is 2. The Morgan fingerprint density at radius 3 is 2.18 bits per heavy atom. The second kappa shape index (κ2) is 12.4. The van der Waals surface area contributed by atoms with Crippen molar-refractivity contribution in [3.05, 3.63) is 61.6 Å².